The second-order valence-corrected chi connectivity index (χ2v) is 7.15. The van der Waals surface area contributed by atoms with Gasteiger partial charge in [-0.1, -0.05) is 30.3 Å². The standard InChI is InChI=1S/C23H40NO4/c1-4-24(5-2,6-3)16-17-26-18-19-27-20-21-28-23(25)15-11-10-14-22-12-8-7-9-13-22/h7-9,12-13H,4-6,10-11,14-21H2,1-3H3/q+1. The van der Waals surface area contributed by atoms with Crippen molar-refractivity contribution in [3.8, 4) is 0 Å². The zero-order chi connectivity index (χ0) is 20.5. The van der Waals surface area contributed by atoms with Crippen molar-refractivity contribution in [2.75, 3.05) is 59.2 Å². The van der Waals surface area contributed by atoms with E-state index in [9.17, 15) is 4.79 Å². The van der Waals surface area contributed by atoms with Gasteiger partial charge in [0.1, 0.15) is 13.2 Å². The van der Waals surface area contributed by atoms with Gasteiger partial charge in [-0.3, -0.25) is 4.79 Å². The molecule has 0 saturated carbocycles. The molecule has 0 aliphatic rings. The summed E-state index contributed by atoms with van der Waals surface area (Å²) in [4.78, 5) is 11.7. The number of quaternary nitrogens is 1. The first-order valence-electron chi connectivity index (χ1n) is 10.9. The van der Waals surface area contributed by atoms with Crippen LogP contribution >= 0.6 is 0 Å². The Hall–Kier alpha value is -1.43. The monoisotopic (exact) mass is 394 g/mol. The van der Waals surface area contributed by atoms with Crippen LogP contribution in [0.1, 0.15) is 45.6 Å². The lowest BCUT2D eigenvalue weighted by atomic mass is 10.1. The van der Waals surface area contributed by atoms with Gasteiger partial charge in [-0.05, 0) is 45.6 Å². The van der Waals surface area contributed by atoms with Gasteiger partial charge in [0, 0.05) is 6.42 Å². The normalized spacial score (nSPS) is 11.5. The fourth-order valence-corrected chi connectivity index (χ4v) is 3.26. The SMILES string of the molecule is CC[N+](CC)(CC)CCOCCOCCOC(=O)CCCCc1ccccc1. The van der Waals surface area contributed by atoms with Crippen LogP contribution in [0, 0.1) is 0 Å². The number of rotatable bonds is 17. The van der Waals surface area contributed by atoms with Crippen molar-refractivity contribution < 1.29 is 23.5 Å². The number of unbranched alkanes of at least 4 members (excludes halogenated alkanes) is 1. The van der Waals surface area contributed by atoms with Gasteiger partial charge in [-0.2, -0.15) is 0 Å². The van der Waals surface area contributed by atoms with E-state index in [0.29, 0.717) is 32.8 Å². The molecule has 5 heteroatoms. The van der Waals surface area contributed by atoms with Gasteiger partial charge in [0.25, 0.3) is 0 Å². The highest BCUT2D eigenvalue weighted by atomic mass is 16.6. The number of benzene rings is 1. The maximum absolute atomic E-state index is 11.7. The first-order valence-corrected chi connectivity index (χ1v) is 10.9. The van der Waals surface area contributed by atoms with Crippen molar-refractivity contribution in [3.63, 3.8) is 0 Å². The van der Waals surface area contributed by atoms with Gasteiger partial charge in [-0.25, -0.2) is 0 Å². The molecule has 0 atom stereocenters. The molecule has 1 aromatic rings. The van der Waals surface area contributed by atoms with Crippen molar-refractivity contribution in [1.29, 1.82) is 0 Å². The van der Waals surface area contributed by atoms with Gasteiger partial charge < -0.3 is 18.7 Å². The van der Waals surface area contributed by atoms with E-state index in [0.717, 1.165) is 56.5 Å². The number of hydrogen-bond donors (Lipinski definition) is 0. The largest absolute Gasteiger partial charge is 0.463 e. The van der Waals surface area contributed by atoms with Crippen molar-refractivity contribution in [3.05, 3.63) is 35.9 Å². The van der Waals surface area contributed by atoms with E-state index in [1.165, 1.54) is 5.56 Å². The Morgan fingerprint density at radius 3 is 2.07 bits per heavy atom. The van der Waals surface area contributed by atoms with E-state index in [2.05, 4.69) is 32.9 Å². The Balaban J connectivity index is 1.90. The van der Waals surface area contributed by atoms with Gasteiger partial charge >= 0.3 is 5.97 Å². The fraction of sp³-hybridized carbons (Fsp3) is 0.696. The highest BCUT2D eigenvalue weighted by Crippen LogP contribution is 2.07. The molecule has 160 valence electrons. The Bertz CT molecular complexity index is 494. The summed E-state index contributed by atoms with van der Waals surface area (Å²) in [5.74, 6) is -0.138. The molecule has 0 spiro atoms. The third kappa shape index (κ3) is 10.8. The van der Waals surface area contributed by atoms with Crippen LogP contribution in [0.2, 0.25) is 0 Å². The molecule has 28 heavy (non-hydrogen) atoms. The van der Waals surface area contributed by atoms with Gasteiger partial charge in [-0.15, -0.1) is 0 Å². The van der Waals surface area contributed by atoms with Crippen molar-refractivity contribution >= 4 is 5.97 Å². The molecule has 0 aliphatic heterocycles. The molecular weight excluding hydrogens is 354 g/mol. The molecule has 0 N–H and O–H groups in total. The number of ether oxygens (including phenoxy) is 3. The second-order valence-electron chi connectivity index (χ2n) is 7.15. The smallest absolute Gasteiger partial charge is 0.305 e. The predicted octanol–water partition coefficient (Wildman–Crippen LogP) is 3.85. The van der Waals surface area contributed by atoms with Crippen LogP contribution in [-0.2, 0) is 25.4 Å². The van der Waals surface area contributed by atoms with E-state index >= 15 is 0 Å². The maximum Gasteiger partial charge on any atom is 0.305 e. The highest BCUT2D eigenvalue weighted by molar-refractivity contribution is 5.69. The number of aryl methyl sites for hydroxylation is 1. The highest BCUT2D eigenvalue weighted by Gasteiger charge is 2.19. The van der Waals surface area contributed by atoms with Crippen LogP contribution in [0.4, 0.5) is 0 Å². The molecule has 0 amide bonds. The van der Waals surface area contributed by atoms with Crippen LogP contribution in [0.3, 0.4) is 0 Å². The average molecular weight is 395 g/mol. The molecule has 1 rings (SSSR count). The number of likely N-dealkylation sites (N-methyl/N-ethyl adjacent to an activating group) is 1. The summed E-state index contributed by atoms with van der Waals surface area (Å²) >= 11 is 0. The first kappa shape index (κ1) is 24.6. The summed E-state index contributed by atoms with van der Waals surface area (Å²) in [6.45, 7) is 13.8. The molecule has 0 fully saturated rings. The molecule has 0 radical (unpaired) electrons. The van der Waals surface area contributed by atoms with E-state index in [1.54, 1.807) is 0 Å². The fourth-order valence-electron chi connectivity index (χ4n) is 3.26. The Labute approximate surface area is 171 Å². The summed E-state index contributed by atoms with van der Waals surface area (Å²) in [6.07, 6.45) is 3.34. The molecule has 0 aromatic heterocycles. The summed E-state index contributed by atoms with van der Waals surface area (Å²) in [7, 11) is 0. The van der Waals surface area contributed by atoms with Gasteiger partial charge in [0.05, 0.1) is 46.1 Å². The molecule has 1 aromatic carbocycles. The number of nitrogens with zero attached hydrogens (tertiary/aromatic N) is 1. The number of esters is 1. The van der Waals surface area contributed by atoms with E-state index in [4.69, 9.17) is 14.2 Å². The van der Waals surface area contributed by atoms with Crippen LogP contribution in [0.15, 0.2) is 30.3 Å². The Kier molecular flexibility index (Phi) is 13.6. The molecule has 0 unspecified atom stereocenters. The third-order valence-corrected chi connectivity index (χ3v) is 5.52. The maximum atomic E-state index is 11.7. The Morgan fingerprint density at radius 2 is 1.43 bits per heavy atom. The minimum Gasteiger partial charge on any atom is -0.463 e. The lowest BCUT2D eigenvalue weighted by Gasteiger charge is -2.35. The lowest BCUT2D eigenvalue weighted by molar-refractivity contribution is -0.923. The third-order valence-electron chi connectivity index (χ3n) is 5.52. The average Bonchev–Trinajstić information content (AvgIpc) is 2.74. The summed E-state index contributed by atoms with van der Waals surface area (Å²) < 4.78 is 17.4. The number of hydrogen-bond acceptors (Lipinski definition) is 4. The van der Waals surface area contributed by atoms with Crippen molar-refractivity contribution in [2.45, 2.75) is 46.5 Å². The summed E-state index contributed by atoms with van der Waals surface area (Å²) in [5, 5.41) is 0. The van der Waals surface area contributed by atoms with Crippen LogP contribution in [-0.4, -0.2) is 69.7 Å². The molecule has 0 aliphatic carbocycles. The van der Waals surface area contributed by atoms with Crippen LogP contribution in [0.5, 0.6) is 0 Å². The lowest BCUT2D eigenvalue weighted by Crippen LogP contribution is -2.49. The van der Waals surface area contributed by atoms with E-state index < -0.39 is 0 Å². The first-order chi connectivity index (χ1) is 13.7. The molecular formula is C23H40NO4+. The quantitative estimate of drug-likeness (QED) is 0.229. The van der Waals surface area contributed by atoms with Crippen LogP contribution < -0.4 is 0 Å². The zero-order valence-corrected chi connectivity index (χ0v) is 18.2. The van der Waals surface area contributed by atoms with Crippen molar-refractivity contribution in [2.24, 2.45) is 0 Å². The summed E-state index contributed by atoms with van der Waals surface area (Å²) in [6, 6.07) is 10.3. The summed E-state index contributed by atoms with van der Waals surface area (Å²) in [5.41, 5.74) is 1.32. The topological polar surface area (TPSA) is 44.8 Å². The van der Waals surface area contributed by atoms with E-state index in [1.807, 2.05) is 18.2 Å². The number of carbonyl (C=O) groups excluding carboxylic acids is 1. The predicted molar refractivity (Wildman–Crippen MR) is 113 cm³/mol. The molecule has 0 heterocycles. The zero-order valence-electron chi connectivity index (χ0n) is 18.2. The van der Waals surface area contributed by atoms with Crippen LogP contribution in [0.25, 0.3) is 0 Å². The van der Waals surface area contributed by atoms with E-state index in [-0.39, 0.29) is 5.97 Å². The van der Waals surface area contributed by atoms with Crippen molar-refractivity contribution in [1.82, 2.24) is 0 Å². The minimum absolute atomic E-state index is 0.138. The molecule has 0 bridgehead atoms. The van der Waals surface area contributed by atoms with Gasteiger partial charge in [0.15, 0.2) is 0 Å². The molecule has 5 nitrogen and oxygen atoms in total. The second kappa shape index (κ2) is 15.5. The molecule has 0 saturated heterocycles. The van der Waals surface area contributed by atoms with Gasteiger partial charge in [0.2, 0.25) is 0 Å². The minimum atomic E-state index is -0.138. The Morgan fingerprint density at radius 1 is 0.821 bits per heavy atom. The number of carbonyl (C=O) groups is 1.